The third kappa shape index (κ3) is 4.67. The highest BCUT2D eigenvalue weighted by Crippen LogP contribution is 2.25. The number of nitrogens with one attached hydrogen (secondary N) is 1. The van der Waals surface area contributed by atoms with Crippen LogP contribution in [0.4, 0.5) is 0 Å². The molecule has 1 heterocycles. The second kappa shape index (κ2) is 9.80. The van der Waals surface area contributed by atoms with Crippen LogP contribution in [-0.2, 0) is 4.79 Å². The molecule has 0 aliphatic heterocycles. The van der Waals surface area contributed by atoms with Crippen LogP contribution in [0.3, 0.4) is 0 Å². The highest BCUT2D eigenvalue weighted by atomic mass is 32.2. The van der Waals surface area contributed by atoms with E-state index in [-0.39, 0.29) is 29.3 Å². The Kier molecular flexibility index (Phi) is 7.15. The van der Waals surface area contributed by atoms with Crippen molar-refractivity contribution in [3.05, 3.63) is 64.4 Å². The molecule has 2 aromatic carbocycles. The number of aromatic nitrogens is 2. The van der Waals surface area contributed by atoms with E-state index < -0.39 is 0 Å². The Bertz CT molecular complexity index is 1100. The van der Waals surface area contributed by atoms with Crippen LogP contribution in [-0.4, -0.2) is 28.3 Å². The van der Waals surface area contributed by atoms with Crippen LogP contribution in [0.2, 0.25) is 0 Å². The molecule has 0 saturated carbocycles. The predicted molar refractivity (Wildman–Crippen MR) is 121 cm³/mol. The summed E-state index contributed by atoms with van der Waals surface area (Å²) in [6.45, 7) is 5.94. The van der Waals surface area contributed by atoms with E-state index in [9.17, 15) is 9.59 Å². The highest BCUT2D eigenvalue weighted by Gasteiger charge is 2.18. The van der Waals surface area contributed by atoms with E-state index in [2.05, 4.69) is 10.3 Å². The molecule has 1 amide bonds. The van der Waals surface area contributed by atoms with Gasteiger partial charge in [-0.25, -0.2) is 4.98 Å². The average molecular weight is 426 g/mol. The van der Waals surface area contributed by atoms with Gasteiger partial charge in [0.1, 0.15) is 5.75 Å². The second-order valence-electron chi connectivity index (χ2n) is 7.16. The fourth-order valence-corrected chi connectivity index (χ4v) is 4.22. The number of hydrogen-bond acceptors (Lipinski definition) is 5. The Morgan fingerprint density at radius 2 is 1.87 bits per heavy atom. The topological polar surface area (TPSA) is 73.2 Å². The zero-order valence-corrected chi connectivity index (χ0v) is 18.5. The fourth-order valence-electron chi connectivity index (χ4n) is 3.31. The second-order valence-corrected chi connectivity index (χ2v) is 8.11. The predicted octanol–water partition coefficient (Wildman–Crippen LogP) is 4.35. The van der Waals surface area contributed by atoms with Crippen LogP contribution in [0.5, 0.6) is 5.75 Å². The van der Waals surface area contributed by atoms with Crippen LogP contribution >= 0.6 is 11.8 Å². The van der Waals surface area contributed by atoms with Crippen LogP contribution in [0.15, 0.2) is 58.5 Å². The Morgan fingerprint density at radius 1 is 1.17 bits per heavy atom. The molecule has 1 N–H and O–H groups in total. The van der Waals surface area contributed by atoms with Crippen molar-refractivity contribution in [2.75, 3.05) is 12.9 Å². The molecule has 158 valence electrons. The van der Waals surface area contributed by atoms with Crippen LogP contribution in [0.1, 0.15) is 44.8 Å². The minimum atomic E-state index is -0.199. The van der Waals surface area contributed by atoms with E-state index in [1.165, 1.54) is 11.8 Å². The molecule has 0 bridgehead atoms. The van der Waals surface area contributed by atoms with Crippen molar-refractivity contribution in [2.24, 2.45) is 0 Å². The van der Waals surface area contributed by atoms with E-state index in [0.717, 1.165) is 17.7 Å². The molecular weight excluding hydrogens is 398 g/mol. The first-order valence-electron chi connectivity index (χ1n) is 10.0. The Balaban J connectivity index is 1.79. The maximum Gasteiger partial charge on any atom is 0.262 e. The summed E-state index contributed by atoms with van der Waals surface area (Å²) >= 11 is 1.28. The van der Waals surface area contributed by atoms with Gasteiger partial charge in [0.15, 0.2) is 5.16 Å². The van der Waals surface area contributed by atoms with Gasteiger partial charge in [0, 0.05) is 11.6 Å². The molecule has 1 aromatic heterocycles. The first-order chi connectivity index (χ1) is 14.5. The van der Waals surface area contributed by atoms with Gasteiger partial charge in [-0.15, -0.1) is 0 Å². The number of amides is 1. The molecule has 0 spiro atoms. The van der Waals surface area contributed by atoms with Crippen molar-refractivity contribution in [2.45, 2.75) is 44.4 Å². The summed E-state index contributed by atoms with van der Waals surface area (Å²) in [7, 11) is 1.61. The zero-order chi connectivity index (χ0) is 21.7. The lowest BCUT2D eigenvalue weighted by molar-refractivity contribution is -0.119. The van der Waals surface area contributed by atoms with E-state index in [1.807, 2.05) is 63.2 Å². The number of nitrogens with zero attached hydrogens (tertiary/aromatic N) is 2. The van der Waals surface area contributed by atoms with Crippen molar-refractivity contribution in [3.63, 3.8) is 0 Å². The van der Waals surface area contributed by atoms with Gasteiger partial charge in [-0.1, -0.05) is 49.0 Å². The van der Waals surface area contributed by atoms with Gasteiger partial charge in [0.2, 0.25) is 5.91 Å². The monoisotopic (exact) mass is 425 g/mol. The molecule has 7 heteroatoms. The summed E-state index contributed by atoms with van der Waals surface area (Å²) in [5.74, 6) is 0.775. The van der Waals surface area contributed by atoms with Crippen molar-refractivity contribution in [1.29, 1.82) is 0 Å². The maximum absolute atomic E-state index is 13.0. The highest BCUT2D eigenvalue weighted by molar-refractivity contribution is 7.99. The molecule has 0 aliphatic carbocycles. The van der Waals surface area contributed by atoms with Crippen molar-refractivity contribution in [1.82, 2.24) is 14.9 Å². The smallest absolute Gasteiger partial charge is 0.262 e. The number of methoxy groups -OCH3 is 1. The number of hydrogen-bond donors (Lipinski definition) is 1. The molecule has 3 aromatic rings. The largest absolute Gasteiger partial charge is 0.496 e. The van der Waals surface area contributed by atoms with Crippen LogP contribution in [0, 0.1) is 0 Å². The number of benzene rings is 2. The zero-order valence-electron chi connectivity index (χ0n) is 17.7. The summed E-state index contributed by atoms with van der Waals surface area (Å²) in [4.78, 5) is 30.3. The average Bonchev–Trinajstić information content (AvgIpc) is 2.77. The summed E-state index contributed by atoms with van der Waals surface area (Å²) < 4.78 is 7.08. The fraction of sp³-hybridized carbons (Fsp3) is 0.348. The number of carbonyl (C=O) groups excluding carboxylic acids is 1. The number of para-hydroxylation sites is 2. The van der Waals surface area contributed by atoms with Gasteiger partial charge in [-0.3, -0.25) is 14.2 Å². The number of fused-ring (bicyclic) bond motifs is 1. The molecule has 0 radical (unpaired) electrons. The number of thioether (sulfide) groups is 1. The van der Waals surface area contributed by atoms with E-state index in [4.69, 9.17) is 4.74 Å². The third-order valence-electron chi connectivity index (χ3n) is 5.12. The number of carbonyl (C=O) groups is 1. The lowest BCUT2D eigenvalue weighted by Gasteiger charge is -2.19. The van der Waals surface area contributed by atoms with E-state index >= 15 is 0 Å². The lowest BCUT2D eigenvalue weighted by atomic mass is 10.1. The molecule has 6 nitrogen and oxygen atoms in total. The molecular formula is C23H27N3O3S. The maximum atomic E-state index is 13.0. The first-order valence-corrected chi connectivity index (χ1v) is 11.0. The molecule has 30 heavy (non-hydrogen) atoms. The molecule has 0 fully saturated rings. The minimum absolute atomic E-state index is 0.00679. The van der Waals surface area contributed by atoms with Crippen molar-refractivity contribution < 1.29 is 9.53 Å². The molecule has 0 unspecified atom stereocenters. The van der Waals surface area contributed by atoms with Gasteiger partial charge in [-0.2, -0.15) is 0 Å². The summed E-state index contributed by atoms with van der Waals surface area (Å²) in [6, 6.07) is 14.7. The van der Waals surface area contributed by atoms with Crippen molar-refractivity contribution in [3.8, 4) is 5.75 Å². The Morgan fingerprint density at radius 3 is 2.60 bits per heavy atom. The first kappa shape index (κ1) is 21.9. The van der Waals surface area contributed by atoms with Gasteiger partial charge < -0.3 is 10.1 Å². The van der Waals surface area contributed by atoms with E-state index in [0.29, 0.717) is 16.1 Å². The lowest BCUT2D eigenvalue weighted by Crippen LogP contribution is -2.30. The van der Waals surface area contributed by atoms with Crippen molar-refractivity contribution >= 4 is 28.6 Å². The van der Waals surface area contributed by atoms with Gasteiger partial charge >= 0.3 is 0 Å². The third-order valence-corrected chi connectivity index (χ3v) is 6.08. The number of rotatable bonds is 8. The van der Waals surface area contributed by atoms with Crippen LogP contribution in [0.25, 0.3) is 10.9 Å². The van der Waals surface area contributed by atoms with Gasteiger partial charge in [0.05, 0.1) is 29.8 Å². The van der Waals surface area contributed by atoms with Gasteiger partial charge in [-0.05, 0) is 38.5 Å². The molecule has 3 rings (SSSR count). The molecule has 2 atom stereocenters. The van der Waals surface area contributed by atoms with Crippen LogP contribution < -0.4 is 15.6 Å². The van der Waals surface area contributed by atoms with Gasteiger partial charge in [0.25, 0.3) is 5.56 Å². The SMILES string of the molecule is CC[C@H](C)n1c(SCC(=O)N[C@H](C)c2ccccc2OC)nc2ccccc2c1=O. The summed E-state index contributed by atoms with van der Waals surface area (Å²) in [5.41, 5.74) is 1.49. The van der Waals surface area contributed by atoms with E-state index in [1.54, 1.807) is 17.7 Å². The Hall–Kier alpha value is -2.80. The Labute approximate surface area is 180 Å². The minimum Gasteiger partial charge on any atom is -0.496 e. The summed E-state index contributed by atoms with van der Waals surface area (Å²) in [6.07, 6.45) is 0.796. The molecule has 0 aliphatic rings. The quantitative estimate of drug-likeness (QED) is 0.429. The standard InChI is InChI=1S/C23H27N3O3S/c1-5-15(2)26-22(28)18-11-6-8-12-19(18)25-23(26)30-14-21(27)24-16(3)17-10-7-9-13-20(17)29-4/h6-13,15-16H,5,14H2,1-4H3,(H,24,27)/t15-,16+/m0/s1. The molecule has 0 saturated heterocycles. The normalized spacial score (nSPS) is 13.1. The number of ether oxygens (including phenoxy) is 1. The summed E-state index contributed by atoms with van der Waals surface area (Å²) in [5, 5.41) is 4.16.